The summed E-state index contributed by atoms with van der Waals surface area (Å²) in [5.41, 5.74) is 1.17. The predicted octanol–water partition coefficient (Wildman–Crippen LogP) is 4.32. The Labute approximate surface area is 99.7 Å². The van der Waals surface area contributed by atoms with Gasteiger partial charge in [-0.2, -0.15) is 0 Å². The topological polar surface area (TPSA) is 0 Å². The van der Waals surface area contributed by atoms with E-state index in [0.29, 0.717) is 11.8 Å². The zero-order valence-corrected chi connectivity index (χ0v) is 9.37. The van der Waals surface area contributed by atoms with Gasteiger partial charge in [-0.05, 0) is 60.4 Å². The lowest BCUT2D eigenvalue weighted by Crippen LogP contribution is -2.01. The summed E-state index contributed by atoms with van der Waals surface area (Å²) in [6.07, 6.45) is 6.93. The normalized spacial score (nSPS) is 28.0. The molecule has 0 N–H and O–H groups in total. The highest BCUT2D eigenvalue weighted by atomic mass is 19.1. The molecule has 1 fully saturated rings. The van der Waals surface area contributed by atoms with Crippen molar-refractivity contribution in [3.05, 3.63) is 65.6 Å². The quantitative estimate of drug-likeness (QED) is 0.711. The summed E-state index contributed by atoms with van der Waals surface area (Å²) in [6, 6.07) is 6.69. The third-order valence-corrected chi connectivity index (χ3v) is 3.53. The van der Waals surface area contributed by atoms with Gasteiger partial charge in [0.05, 0.1) is 0 Å². The second-order valence-corrected chi connectivity index (χ2v) is 4.67. The molecular weight excluding hydrogens is 218 g/mol. The molecule has 2 aliphatic carbocycles. The molecule has 0 saturated heterocycles. The molecule has 1 aromatic rings. The molecule has 2 heteroatoms. The van der Waals surface area contributed by atoms with Gasteiger partial charge in [0.2, 0.25) is 0 Å². The lowest BCUT2D eigenvalue weighted by atomic mass is 9.93. The SMILES string of the molecule is FC1=CCC([C]2CC2c2ccc(F)cc2)C=C1. The zero-order valence-electron chi connectivity index (χ0n) is 9.37. The fourth-order valence-electron chi connectivity index (χ4n) is 2.48. The average Bonchev–Trinajstić information content (AvgIpc) is 3.11. The molecule has 1 radical (unpaired) electrons. The molecule has 0 bridgehead atoms. The van der Waals surface area contributed by atoms with Crippen LogP contribution in [0.1, 0.15) is 24.3 Å². The minimum absolute atomic E-state index is 0.138. The van der Waals surface area contributed by atoms with Crippen LogP contribution in [0.3, 0.4) is 0 Å². The fraction of sp³-hybridized carbons (Fsp3) is 0.267. The van der Waals surface area contributed by atoms with Crippen LogP contribution < -0.4 is 0 Å². The summed E-state index contributed by atoms with van der Waals surface area (Å²) in [7, 11) is 0. The van der Waals surface area contributed by atoms with Gasteiger partial charge in [0.15, 0.2) is 0 Å². The molecule has 2 unspecified atom stereocenters. The molecule has 2 aliphatic rings. The Bertz CT molecular complexity index is 470. The first-order chi connectivity index (χ1) is 8.24. The Morgan fingerprint density at radius 2 is 1.82 bits per heavy atom. The maximum atomic E-state index is 12.8. The zero-order chi connectivity index (χ0) is 11.8. The first-order valence-corrected chi connectivity index (χ1v) is 5.89. The highest BCUT2D eigenvalue weighted by Crippen LogP contribution is 2.55. The van der Waals surface area contributed by atoms with Gasteiger partial charge in [-0.25, -0.2) is 8.78 Å². The van der Waals surface area contributed by atoms with Crippen molar-refractivity contribution in [1.29, 1.82) is 0 Å². The van der Waals surface area contributed by atoms with E-state index < -0.39 is 0 Å². The van der Waals surface area contributed by atoms with Crippen LogP contribution in [0, 0.1) is 17.7 Å². The number of benzene rings is 1. The van der Waals surface area contributed by atoms with Crippen LogP contribution in [0.25, 0.3) is 0 Å². The predicted molar refractivity (Wildman–Crippen MR) is 63.4 cm³/mol. The number of halogens is 2. The third kappa shape index (κ3) is 2.17. The van der Waals surface area contributed by atoms with Crippen LogP contribution in [-0.2, 0) is 0 Å². The average molecular weight is 231 g/mol. The first-order valence-electron chi connectivity index (χ1n) is 5.89. The van der Waals surface area contributed by atoms with Crippen molar-refractivity contribution in [3.63, 3.8) is 0 Å². The Hall–Kier alpha value is -1.44. The van der Waals surface area contributed by atoms with Gasteiger partial charge in [0.1, 0.15) is 11.6 Å². The van der Waals surface area contributed by atoms with Crippen LogP contribution in [0.15, 0.2) is 48.3 Å². The smallest absolute Gasteiger partial charge is 0.123 e. The Balaban J connectivity index is 1.67. The molecule has 0 amide bonds. The van der Waals surface area contributed by atoms with Crippen molar-refractivity contribution in [1.82, 2.24) is 0 Å². The summed E-state index contributed by atoms with van der Waals surface area (Å²) in [6.45, 7) is 0. The van der Waals surface area contributed by atoms with E-state index in [-0.39, 0.29) is 11.6 Å². The van der Waals surface area contributed by atoms with E-state index in [2.05, 4.69) is 0 Å². The van der Waals surface area contributed by atoms with E-state index in [0.717, 1.165) is 12.8 Å². The molecule has 0 heterocycles. The number of hydrogen-bond acceptors (Lipinski definition) is 0. The molecule has 0 aliphatic heterocycles. The van der Waals surface area contributed by atoms with Gasteiger partial charge in [0, 0.05) is 0 Å². The van der Waals surface area contributed by atoms with Gasteiger partial charge in [-0.1, -0.05) is 18.2 Å². The van der Waals surface area contributed by atoms with Crippen LogP contribution in [0.2, 0.25) is 0 Å². The van der Waals surface area contributed by atoms with Crippen molar-refractivity contribution < 1.29 is 8.78 Å². The number of rotatable bonds is 2. The highest BCUT2D eigenvalue weighted by Gasteiger charge is 2.43. The Kier molecular flexibility index (Phi) is 2.58. The summed E-state index contributed by atoms with van der Waals surface area (Å²) >= 11 is 0. The number of hydrogen-bond donors (Lipinski definition) is 0. The molecule has 17 heavy (non-hydrogen) atoms. The largest absolute Gasteiger partial charge is 0.207 e. The van der Waals surface area contributed by atoms with Gasteiger partial charge in [0.25, 0.3) is 0 Å². The number of allylic oxidation sites excluding steroid dienone is 4. The molecule has 1 aromatic carbocycles. The van der Waals surface area contributed by atoms with Crippen LogP contribution in [-0.4, -0.2) is 0 Å². The van der Waals surface area contributed by atoms with E-state index in [4.69, 9.17) is 0 Å². The fourth-order valence-corrected chi connectivity index (χ4v) is 2.48. The second kappa shape index (κ2) is 4.10. The lowest BCUT2D eigenvalue weighted by molar-refractivity contribution is 0.622. The molecule has 1 saturated carbocycles. The maximum absolute atomic E-state index is 12.8. The van der Waals surface area contributed by atoms with E-state index in [9.17, 15) is 8.78 Å². The molecule has 87 valence electrons. The molecular formula is C15H13F2. The Morgan fingerprint density at radius 3 is 2.47 bits per heavy atom. The van der Waals surface area contributed by atoms with E-state index >= 15 is 0 Å². The summed E-state index contributed by atoms with van der Waals surface area (Å²) in [5, 5.41) is 0. The third-order valence-electron chi connectivity index (χ3n) is 3.53. The van der Waals surface area contributed by atoms with Crippen molar-refractivity contribution in [2.24, 2.45) is 5.92 Å². The van der Waals surface area contributed by atoms with Gasteiger partial charge < -0.3 is 0 Å². The molecule has 0 aromatic heterocycles. The van der Waals surface area contributed by atoms with Gasteiger partial charge in [-0.15, -0.1) is 0 Å². The maximum Gasteiger partial charge on any atom is 0.123 e. The Morgan fingerprint density at radius 1 is 1.06 bits per heavy atom. The van der Waals surface area contributed by atoms with E-state index in [1.807, 2.05) is 18.2 Å². The highest BCUT2D eigenvalue weighted by molar-refractivity contribution is 5.40. The first kappa shape index (κ1) is 10.7. The van der Waals surface area contributed by atoms with Crippen molar-refractivity contribution >= 4 is 0 Å². The summed E-state index contributed by atoms with van der Waals surface area (Å²) < 4.78 is 25.6. The van der Waals surface area contributed by atoms with E-state index in [1.54, 1.807) is 12.2 Å². The van der Waals surface area contributed by atoms with E-state index in [1.165, 1.54) is 23.6 Å². The molecule has 3 rings (SSSR count). The van der Waals surface area contributed by atoms with Crippen LogP contribution >= 0.6 is 0 Å². The second-order valence-electron chi connectivity index (χ2n) is 4.67. The molecule has 2 atom stereocenters. The van der Waals surface area contributed by atoms with Gasteiger partial charge >= 0.3 is 0 Å². The summed E-state index contributed by atoms with van der Waals surface area (Å²) in [5.74, 6) is 1.92. The van der Waals surface area contributed by atoms with Crippen molar-refractivity contribution in [2.75, 3.05) is 0 Å². The minimum atomic E-state index is -0.196. The molecule has 0 nitrogen and oxygen atoms in total. The standard InChI is InChI=1S/C15H13F2/c16-12-5-1-10(2-6-12)14-9-15(14)11-3-7-13(17)8-4-11/h1-3,5-8,11,14H,4,9H2. The monoisotopic (exact) mass is 231 g/mol. The van der Waals surface area contributed by atoms with Crippen molar-refractivity contribution in [2.45, 2.75) is 18.8 Å². The van der Waals surface area contributed by atoms with Crippen LogP contribution in [0.5, 0.6) is 0 Å². The van der Waals surface area contributed by atoms with Crippen LogP contribution in [0.4, 0.5) is 8.78 Å². The van der Waals surface area contributed by atoms with Crippen molar-refractivity contribution in [3.8, 4) is 0 Å². The van der Waals surface area contributed by atoms with Gasteiger partial charge in [-0.3, -0.25) is 0 Å². The minimum Gasteiger partial charge on any atom is -0.207 e. The summed E-state index contributed by atoms with van der Waals surface area (Å²) in [4.78, 5) is 0. The molecule has 0 spiro atoms. The lowest BCUT2D eigenvalue weighted by Gasteiger charge is -2.12.